The first-order valence-electron chi connectivity index (χ1n) is 10.7. The van der Waals surface area contributed by atoms with Crippen LogP contribution in [-0.2, 0) is 0 Å². The minimum atomic E-state index is -1.37. The van der Waals surface area contributed by atoms with Crippen LogP contribution in [0.15, 0.2) is 0 Å². The van der Waals surface area contributed by atoms with Gasteiger partial charge in [-0.3, -0.25) is 9.34 Å². The van der Waals surface area contributed by atoms with Gasteiger partial charge in [0.2, 0.25) is 0 Å². The van der Waals surface area contributed by atoms with Crippen LogP contribution in [0.2, 0.25) is 39.3 Å². The van der Waals surface area contributed by atoms with Crippen LogP contribution in [0.5, 0.6) is 0 Å². The van der Waals surface area contributed by atoms with Gasteiger partial charge in [0.1, 0.15) is 33.2 Å². The van der Waals surface area contributed by atoms with Crippen LogP contribution in [-0.4, -0.2) is 60.2 Å². The van der Waals surface area contributed by atoms with Crippen LogP contribution in [0.4, 0.5) is 0 Å². The van der Waals surface area contributed by atoms with Crippen LogP contribution in [0.1, 0.15) is 53.4 Å². The number of hydrogen-bond acceptors (Lipinski definition) is 4. The van der Waals surface area contributed by atoms with E-state index in [9.17, 15) is 0 Å². The Morgan fingerprint density at radius 2 is 0.769 bits per heavy atom. The van der Waals surface area contributed by atoms with E-state index in [1.165, 1.54) is 51.9 Å². The van der Waals surface area contributed by atoms with Gasteiger partial charge in [0.05, 0.1) is 0 Å². The van der Waals surface area contributed by atoms with Crippen LogP contribution >= 0.6 is 16.7 Å². The lowest BCUT2D eigenvalue weighted by atomic mass is 10.4. The Balaban J connectivity index is 3.32. The minimum absolute atomic E-state index is 0.259. The molecule has 1 fully saturated rings. The second-order valence-corrected chi connectivity index (χ2v) is 24.9. The molecule has 1 aliphatic heterocycles. The second-order valence-electron chi connectivity index (χ2n) is 9.36. The first-order chi connectivity index (χ1) is 12.0. The Kier molecular flexibility index (Phi) is 10.4. The van der Waals surface area contributed by atoms with Gasteiger partial charge in [-0.25, -0.2) is 8.21 Å². The maximum absolute atomic E-state index is 3.08. The van der Waals surface area contributed by atoms with Gasteiger partial charge >= 0.3 is 0 Å². The molecule has 156 valence electrons. The molecule has 0 N–H and O–H groups in total. The second kappa shape index (κ2) is 10.8. The summed E-state index contributed by atoms with van der Waals surface area (Å²) in [6.07, 6.45) is 5.07. The van der Waals surface area contributed by atoms with Crippen LogP contribution in [0, 0.1) is 0 Å². The van der Waals surface area contributed by atoms with E-state index in [1.807, 2.05) is 0 Å². The van der Waals surface area contributed by atoms with Gasteiger partial charge in [-0.2, -0.15) is 0 Å². The van der Waals surface area contributed by atoms with Gasteiger partial charge in [-0.15, -0.1) is 0 Å². The molecule has 0 radical (unpaired) electrons. The third-order valence-electron chi connectivity index (χ3n) is 4.31. The molecule has 0 amide bonds. The molecule has 0 aromatic carbocycles. The van der Waals surface area contributed by atoms with Crippen molar-refractivity contribution in [3.8, 4) is 0 Å². The SMILES string of the molecule is CCCN(CCC)P1N([Si](C)(C)C)P(N(CCC)CCC)N1[Si](C)(C)C. The summed E-state index contributed by atoms with van der Waals surface area (Å²) in [6, 6.07) is 0. The zero-order valence-corrected chi connectivity index (χ0v) is 23.1. The van der Waals surface area contributed by atoms with Crippen molar-refractivity contribution in [1.29, 1.82) is 0 Å². The summed E-state index contributed by atoms with van der Waals surface area (Å²) in [6.45, 7) is 29.9. The molecule has 1 heterocycles. The summed E-state index contributed by atoms with van der Waals surface area (Å²) >= 11 is 0. The first kappa shape index (κ1) is 25.2. The average Bonchev–Trinajstić information content (AvgIpc) is 2.44. The maximum atomic E-state index is 3.08. The predicted molar refractivity (Wildman–Crippen MR) is 129 cm³/mol. The van der Waals surface area contributed by atoms with Crippen molar-refractivity contribution in [1.82, 2.24) is 17.6 Å². The van der Waals surface area contributed by atoms with Gasteiger partial charge in [0, 0.05) is 26.2 Å². The van der Waals surface area contributed by atoms with Gasteiger partial charge < -0.3 is 0 Å². The van der Waals surface area contributed by atoms with E-state index < -0.39 is 16.5 Å². The smallest absolute Gasteiger partial charge is 0.134 e. The fourth-order valence-electron chi connectivity index (χ4n) is 3.44. The van der Waals surface area contributed by atoms with E-state index in [4.69, 9.17) is 0 Å². The largest absolute Gasteiger partial charge is 0.258 e. The fraction of sp³-hybridized carbons (Fsp3) is 1.00. The van der Waals surface area contributed by atoms with Crippen molar-refractivity contribution in [3.05, 3.63) is 0 Å². The number of rotatable bonds is 12. The molecule has 0 unspecified atom stereocenters. The van der Waals surface area contributed by atoms with Gasteiger partial charge in [-0.05, 0) is 25.7 Å². The van der Waals surface area contributed by atoms with Crippen molar-refractivity contribution in [3.63, 3.8) is 0 Å². The highest BCUT2D eigenvalue weighted by Gasteiger charge is 2.60. The van der Waals surface area contributed by atoms with E-state index in [-0.39, 0.29) is 16.7 Å². The van der Waals surface area contributed by atoms with Crippen molar-refractivity contribution < 1.29 is 0 Å². The van der Waals surface area contributed by atoms with Crippen molar-refractivity contribution in [2.75, 3.05) is 26.2 Å². The molecule has 26 heavy (non-hydrogen) atoms. The molecule has 0 atom stereocenters. The molecule has 0 aliphatic carbocycles. The third-order valence-corrected chi connectivity index (χ3v) is 21.1. The zero-order valence-electron chi connectivity index (χ0n) is 19.3. The molecule has 4 nitrogen and oxygen atoms in total. The van der Waals surface area contributed by atoms with Crippen LogP contribution in [0.3, 0.4) is 0 Å². The third kappa shape index (κ3) is 6.06. The van der Waals surface area contributed by atoms with E-state index >= 15 is 0 Å². The van der Waals surface area contributed by atoms with E-state index in [2.05, 4.69) is 84.5 Å². The van der Waals surface area contributed by atoms with E-state index in [0.29, 0.717) is 0 Å². The molecule has 1 rings (SSSR count). The van der Waals surface area contributed by atoms with Gasteiger partial charge in [0.15, 0.2) is 0 Å². The molecule has 1 saturated heterocycles. The normalized spacial score (nSPS) is 23.1. The molecule has 0 aromatic heterocycles. The highest BCUT2D eigenvalue weighted by molar-refractivity contribution is 7.85. The Labute approximate surface area is 169 Å². The van der Waals surface area contributed by atoms with Crippen molar-refractivity contribution >= 4 is 33.2 Å². The number of nitrogens with zero attached hydrogens (tertiary/aromatic N) is 4. The van der Waals surface area contributed by atoms with Gasteiger partial charge in [0.25, 0.3) is 0 Å². The highest BCUT2D eigenvalue weighted by atomic mass is 31.3. The standard InChI is InChI=1S/C18H46N4P2Si2/c1-11-15-19(16-12-2)23-21(25(5,6)7)24(22(23)26(8,9)10)20(17-13-3)18-14-4/h11-18H2,1-10H3. The lowest BCUT2D eigenvalue weighted by Crippen LogP contribution is -2.62. The summed E-state index contributed by atoms with van der Waals surface area (Å²) in [5.74, 6) is 0. The zero-order chi connectivity index (χ0) is 20.1. The molecule has 0 spiro atoms. The Hall–Kier alpha value is 1.13. The summed E-state index contributed by atoms with van der Waals surface area (Å²) in [5, 5.41) is 0. The Morgan fingerprint density at radius 1 is 0.538 bits per heavy atom. The number of hydrogen-bond donors (Lipinski definition) is 0. The van der Waals surface area contributed by atoms with Gasteiger partial charge in [-0.1, -0.05) is 67.0 Å². The summed E-state index contributed by atoms with van der Waals surface area (Å²) in [7, 11) is -3.27. The predicted octanol–water partition coefficient (Wildman–Crippen LogP) is 6.97. The minimum Gasteiger partial charge on any atom is -0.258 e. The lowest BCUT2D eigenvalue weighted by molar-refractivity contribution is 0.390. The van der Waals surface area contributed by atoms with E-state index in [1.54, 1.807) is 0 Å². The molecular weight excluding hydrogens is 390 g/mol. The molecular formula is C18H46N4P2Si2. The summed E-state index contributed by atoms with van der Waals surface area (Å²) in [4.78, 5) is 0. The topological polar surface area (TPSA) is 13.0 Å². The average molecular weight is 437 g/mol. The molecule has 1 aliphatic rings. The Bertz CT molecular complexity index is 357. The molecule has 0 aromatic rings. The monoisotopic (exact) mass is 436 g/mol. The van der Waals surface area contributed by atoms with Crippen molar-refractivity contribution in [2.45, 2.75) is 92.7 Å². The Morgan fingerprint density at radius 3 is 0.923 bits per heavy atom. The summed E-state index contributed by atoms with van der Waals surface area (Å²) < 4.78 is 11.9. The van der Waals surface area contributed by atoms with Crippen molar-refractivity contribution in [2.24, 2.45) is 0 Å². The van der Waals surface area contributed by atoms with Crippen LogP contribution in [0.25, 0.3) is 0 Å². The molecule has 0 saturated carbocycles. The first-order valence-corrected chi connectivity index (χ1v) is 20.0. The molecule has 0 bridgehead atoms. The molecule has 8 heteroatoms. The fourth-order valence-corrected chi connectivity index (χ4v) is 21.8. The maximum Gasteiger partial charge on any atom is 0.134 e. The van der Waals surface area contributed by atoms with Crippen LogP contribution < -0.4 is 0 Å². The quantitative estimate of drug-likeness (QED) is 0.242. The summed E-state index contributed by atoms with van der Waals surface area (Å²) in [5.41, 5.74) is 0. The van der Waals surface area contributed by atoms with E-state index in [0.717, 1.165) is 0 Å². The lowest BCUT2D eigenvalue weighted by Gasteiger charge is -2.68. The highest BCUT2D eigenvalue weighted by Crippen LogP contribution is 2.82.